The van der Waals surface area contributed by atoms with Crippen LogP contribution in [-0.2, 0) is 32.7 Å². The lowest BCUT2D eigenvalue weighted by Gasteiger charge is -2.42. The molecule has 3 heterocycles. The van der Waals surface area contributed by atoms with Gasteiger partial charge in [-0.15, -0.1) is 0 Å². The van der Waals surface area contributed by atoms with Gasteiger partial charge in [-0.25, -0.2) is 13.4 Å². The zero-order valence-electron chi connectivity index (χ0n) is 14.8. The second kappa shape index (κ2) is 6.54. The van der Waals surface area contributed by atoms with Crippen LogP contribution in [0.2, 0.25) is 0 Å². The Morgan fingerprint density at radius 2 is 1.81 bits per heavy atom. The maximum atomic E-state index is 12.8. The largest absolute Gasteiger partial charge is 0.339 e. The van der Waals surface area contributed by atoms with Crippen LogP contribution in [0, 0.1) is 0 Å². The summed E-state index contributed by atoms with van der Waals surface area (Å²) in [7, 11) is -3.37. The molecule has 144 valence electrons. The highest BCUT2D eigenvalue weighted by Crippen LogP contribution is 2.41. The van der Waals surface area contributed by atoms with E-state index in [9.17, 15) is 17.4 Å². The number of carbonyl (C=O) groups is 1. The molecule has 4 rings (SSSR count). The van der Waals surface area contributed by atoms with Gasteiger partial charge in [0.25, 0.3) is 10.0 Å². The first kappa shape index (κ1) is 18.3. The molecule has 0 saturated carbocycles. The molecule has 1 amide bonds. The predicted molar refractivity (Wildman–Crippen MR) is 101 cm³/mol. The summed E-state index contributed by atoms with van der Waals surface area (Å²) < 4.78 is 41.4. The summed E-state index contributed by atoms with van der Waals surface area (Å²) in [5.74, 6) is -0.206. The molecule has 2 fully saturated rings. The van der Waals surface area contributed by atoms with Crippen LogP contribution in [0.4, 0.5) is 5.69 Å². The van der Waals surface area contributed by atoms with Crippen molar-refractivity contribution in [2.75, 3.05) is 23.7 Å². The van der Waals surface area contributed by atoms with Crippen LogP contribution in [0.1, 0.15) is 12.8 Å². The summed E-state index contributed by atoms with van der Waals surface area (Å²) in [5.41, 5.74) is 0.703. The van der Waals surface area contributed by atoms with Gasteiger partial charge in [0.05, 0.1) is 17.1 Å². The number of hydrogen-bond acceptors (Lipinski definition) is 5. The van der Waals surface area contributed by atoms with E-state index in [-0.39, 0.29) is 29.8 Å². The Balaban J connectivity index is 1.61. The van der Waals surface area contributed by atoms with Crippen molar-refractivity contribution in [3.05, 3.63) is 42.9 Å². The summed E-state index contributed by atoms with van der Waals surface area (Å²) in [6.07, 6.45) is 3.56. The third-order valence-electron chi connectivity index (χ3n) is 5.14. The van der Waals surface area contributed by atoms with E-state index in [4.69, 9.17) is 0 Å². The molecule has 1 atom stereocenters. The van der Waals surface area contributed by atoms with Gasteiger partial charge in [0, 0.05) is 32.0 Å². The van der Waals surface area contributed by atoms with Crippen LogP contribution < -0.4 is 4.90 Å². The van der Waals surface area contributed by atoms with E-state index in [2.05, 4.69) is 4.98 Å². The van der Waals surface area contributed by atoms with Crippen molar-refractivity contribution >= 4 is 32.4 Å². The molecule has 2 saturated heterocycles. The number of amides is 1. The van der Waals surface area contributed by atoms with E-state index in [0.717, 1.165) is 0 Å². The topological polar surface area (TPSA) is 92.6 Å². The number of hydrogen-bond donors (Lipinski definition) is 0. The molecule has 0 bridgehead atoms. The normalized spacial score (nSPS) is 23.2. The zero-order chi connectivity index (χ0) is 19.2. The van der Waals surface area contributed by atoms with Crippen LogP contribution in [0.15, 0.2) is 47.9 Å². The molecule has 1 aromatic heterocycles. The van der Waals surface area contributed by atoms with Gasteiger partial charge in [-0.1, -0.05) is 18.2 Å². The van der Waals surface area contributed by atoms with Crippen LogP contribution >= 0.6 is 0 Å². The number of nitrogens with zero attached hydrogens (tertiary/aromatic N) is 4. The molecule has 8 nitrogen and oxygen atoms in total. The number of piperidine rings is 1. The molecule has 1 unspecified atom stereocenters. The average molecular weight is 409 g/mol. The van der Waals surface area contributed by atoms with E-state index in [1.807, 2.05) is 30.3 Å². The molecule has 27 heavy (non-hydrogen) atoms. The highest BCUT2D eigenvalue weighted by Gasteiger charge is 2.54. The number of aromatic nitrogens is 2. The molecule has 2 aliphatic heterocycles. The van der Waals surface area contributed by atoms with E-state index < -0.39 is 25.7 Å². The Morgan fingerprint density at radius 1 is 1.15 bits per heavy atom. The van der Waals surface area contributed by atoms with E-state index in [0.29, 0.717) is 18.5 Å². The SMILES string of the molecule is Cn1cnc(S(=O)(=O)N2CCC3(CC2)N(c2ccccc2)C(=O)CS3=O)c1. The second-order valence-electron chi connectivity index (χ2n) is 6.78. The Bertz CT molecular complexity index is 995. The minimum Gasteiger partial charge on any atom is -0.339 e. The molecule has 0 aliphatic carbocycles. The minimum atomic E-state index is -3.70. The molecule has 1 spiro atoms. The lowest BCUT2D eigenvalue weighted by molar-refractivity contribution is -0.116. The quantitative estimate of drug-likeness (QED) is 0.745. The van der Waals surface area contributed by atoms with Gasteiger partial charge in [0.2, 0.25) is 5.91 Å². The van der Waals surface area contributed by atoms with Gasteiger partial charge in [-0.3, -0.25) is 13.9 Å². The van der Waals surface area contributed by atoms with Gasteiger partial charge < -0.3 is 4.57 Å². The molecular weight excluding hydrogens is 388 g/mol. The number of anilines is 1. The number of sulfonamides is 1. The number of imidazole rings is 1. The fourth-order valence-electron chi connectivity index (χ4n) is 3.78. The molecule has 0 N–H and O–H groups in total. The summed E-state index contributed by atoms with van der Waals surface area (Å²) in [4.78, 5) is 17.3. The first-order valence-electron chi connectivity index (χ1n) is 8.59. The molecule has 2 aliphatic rings. The third-order valence-corrected chi connectivity index (χ3v) is 8.87. The van der Waals surface area contributed by atoms with E-state index in [1.165, 1.54) is 16.8 Å². The lowest BCUT2D eigenvalue weighted by atomic mass is 10.0. The summed E-state index contributed by atoms with van der Waals surface area (Å²) in [6.45, 7) is 0.391. The van der Waals surface area contributed by atoms with Crippen LogP contribution in [0.25, 0.3) is 0 Å². The zero-order valence-corrected chi connectivity index (χ0v) is 16.4. The lowest BCUT2D eigenvalue weighted by Crippen LogP contribution is -2.56. The van der Waals surface area contributed by atoms with Crippen molar-refractivity contribution in [3.8, 4) is 0 Å². The first-order chi connectivity index (χ1) is 12.8. The van der Waals surface area contributed by atoms with E-state index in [1.54, 1.807) is 16.5 Å². The number of benzene rings is 1. The maximum absolute atomic E-state index is 12.8. The van der Waals surface area contributed by atoms with Gasteiger partial charge in [-0.05, 0) is 25.0 Å². The van der Waals surface area contributed by atoms with Crippen LogP contribution in [-0.4, -0.2) is 56.1 Å². The number of aryl methyl sites for hydroxylation is 1. The number of carbonyl (C=O) groups excluding carboxylic acids is 1. The average Bonchev–Trinajstić information content (AvgIpc) is 3.19. The fourth-order valence-corrected chi connectivity index (χ4v) is 6.86. The van der Waals surface area contributed by atoms with Crippen molar-refractivity contribution < 1.29 is 17.4 Å². The highest BCUT2D eigenvalue weighted by molar-refractivity contribution is 7.89. The Labute approximate surface area is 160 Å². The summed E-state index contributed by atoms with van der Waals surface area (Å²) in [6, 6.07) is 9.16. The fraction of sp³-hybridized carbons (Fsp3) is 0.412. The molecule has 2 aromatic rings. The highest BCUT2D eigenvalue weighted by atomic mass is 32.2. The molecule has 0 radical (unpaired) electrons. The summed E-state index contributed by atoms with van der Waals surface area (Å²) >= 11 is 0. The maximum Gasteiger partial charge on any atom is 0.262 e. The standard InChI is InChI=1S/C17H20N4O4S2/c1-19-11-15(18-13-19)27(24,25)20-9-7-17(8-10-20)21(16(22)12-26(17)23)14-5-3-2-4-6-14/h2-6,11,13H,7-10,12H2,1H3. The Morgan fingerprint density at radius 3 is 2.41 bits per heavy atom. The summed E-state index contributed by atoms with van der Waals surface area (Å²) in [5, 5.41) is 0.00415. The van der Waals surface area contributed by atoms with Crippen molar-refractivity contribution in [2.24, 2.45) is 7.05 Å². The van der Waals surface area contributed by atoms with Gasteiger partial charge in [0.15, 0.2) is 5.03 Å². The predicted octanol–water partition coefficient (Wildman–Crippen LogP) is 0.696. The van der Waals surface area contributed by atoms with Crippen molar-refractivity contribution in [1.82, 2.24) is 13.9 Å². The number of para-hydroxylation sites is 1. The smallest absolute Gasteiger partial charge is 0.262 e. The first-order valence-corrected chi connectivity index (χ1v) is 11.4. The van der Waals surface area contributed by atoms with Gasteiger partial charge in [-0.2, -0.15) is 4.31 Å². The molecule has 10 heteroatoms. The molecule has 1 aromatic carbocycles. The third kappa shape index (κ3) is 2.91. The number of rotatable bonds is 3. The van der Waals surface area contributed by atoms with Crippen molar-refractivity contribution in [3.63, 3.8) is 0 Å². The minimum absolute atomic E-state index is 0.00415. The monoisotopic (exact) mass is 408 g/mol. The van der Waals surface area contributed by atoms with Crippen LogP contribution in [0.3, 0.4) is 0 Å². The second-order valence-corrected chi connectivity index (χ2v) is 10.4. The van der Waals surface area contributed by atoms with Crippen molar-refractivity contribution in [2.45, 2.75) is 22.7 Å². The van der Waals surface area contributed by atoms with Crippen LogP contribution in [0.5, 0.6) is 0 Å². The van der Waals surface area contributed by atoms with Gasteiger partial charge >= 0.3 is 0 Å². The van der Waals surface area contributed by atoms with Gasteiger partial charge in [0.1, 0.15) is 10.6 Å². The Kier molecular flexibility index (Phi) is 4.44. The Hall–Kier alpha value is -2.04. The van der Waals surface area contributed by atoms with Crippen molar-refractivity contribution in [1.29, 1.82) is 0 Å². The van der Waals surface area contributed by atoms with E-state index >= 15 is 0 Å². The molecular formula is C17H20N4O4S2.